The molecule has 0 unspecified atom stereocenters. The number of hydrogen-bond donors (Lipinski definition) is 1. The summed E-state index contributed by atoms with van der Waals surface area (Å²) in [5.74, 6) is 0.201. The molecule has 0 aliphatic rings. The molecule has 0 saturated heterocycles. The van der Waals surface area contributed by atoms with Crippen LogP contribution >= 0.6 is 11.3 Å². The molecule has 118 valence electrons. The molecule has 0 fully saturated rings. The first kappa shape index (κ1) is 16.7. The van der Waals surface area contributed by atoms with E-state index in [1.165, 1.54) is 15.3 Å². The van der Waals surface area contributed by atoms with Crippen molar-refractivity contribution >= 4 is 17.2 Å². The molecule has 0 atom stereocenters. The minimum atomic E-state index is 0.201. The molecule has 1 aromatic carbocycles. The van der Waals surface area contributed by atoms with Gasteiger partial charge in [0.15, 0.2) is 0 Å². The minimum absolute atomic E-state index is 0.201. The fourth-order valence-electron chi connectivity index (χ4n) is 2.37. The first-order valence-electron chi connectivity index (χ1n) is 7.76. The highest BCUT2D eigenvalue weighted by atomic mass is 32.1. The van der Waals surface area contributed by atoms with Crippen LogP contribution in [0.25, 0.3) is 0 Å². The zero-order valence-electron chi connectivity index (χ0n) is 13.1. The molecule has 2 rings (SSSR count). The monoisotopic (exact) mass is 316 g/mol. The third kappa shape index (κ3) is 5.28. The fourth-order valence-corrected chi connectivity index (χ4v) is 3.28. The molecular formula is C18H24N2OS. The van der Waals surface area contributed by atoms with Crippen molar-refractivity contribution in [1.29, 1.82) is 0 Å². The number of thiophene rings is 1. The van der Waals surface area contributed by atoms with E-state index < -0.39 is 0 Å². The number of hydrogen-bond acceptors (Lipinski definition) is 3. The molecule has 2 aromatic rings. The molecule has 1 heterocycles. The predicted octanol–water partition coefficient (Wildman–Crippen LogP) is 3.37. The number of carbonyl (C=O) groups excluding carboxylic acids is 1. The highest BCUT2D eigenvalue weighted by Gasteiger charge is 2.14. The van der Waals surface area contributed by atoms with Gasteiger partial charge in [-0.2, -0.15) is 0 Å². The largest absolute Gasteiger partial charge is 0.337 e. The summed E-state index contributed by atoms with van der Waals surface area (Å²) in [6.45, 7) is 4.12. The van der Waals surface area contributed by atoms with Gasteiger partial charge in [-0.3, -0.25) is 4.79 Å². The Kier molecular flexibility index (Phi) is 6.62. The molecule has 0 spiro atoms. The van der Waals surface area contributed by atoms with Crippen LogP contribution in [0.1, 0.15) is 28.2 Å². The third-order valence-corrected chi connectivity index (χ3v) is 4.59. The zero-order valence-corrected chi connectivity index (χ0v) is 13.9. The Morgan fingerprint density at radius 2 is 1.95 bits per heavy atom. The third-order valence-electron chi connectivity index (χ3n) is 3.60. The van der Waals surface area contributed by atoms with Gasteiger partial charge in [0.05, 0.1) is 6.54 Å². The molecule has 3 nitrogen and oxygen atoms in total. The lowest BCUT2D eigenvalue weighted by molar-refractivity contribution is -0.131. The summed E-state index contributed by atoms with van der Waals surface area (Å²) >= 11 is 1.76. The van der Waals surface area contributed by atoms with Crippen LogP contribution in [0.5, 0.6) is 0 Å². The summed E-state index contributed by atoms with van der Waals surface area (Å²) in [5, 5.41) is 0. The fraction of sp³-hybridized carbons (Fsp3) is 0.389. The first-order valence-corrected chi connectivity index (χ1v) is 8.58. The Morgan fingerprint density at radius 3 is 2.59 bits per heavy atom. The van der Waals surface area contributed by atoms with Crippen molar-refractivity contribution in [1.82, 2.24) is 4.90 Å². The first-order chi connectivity index (χ1) is 10.7. The second kappa shape index (κ2) is 8.71. The van der Waals surface area contributed by atoms with Crippen molar-refractivity contribution in [3.8, 4) is 0 Å². The number of aryl methyl sites for hydroxylation is 1. The second-order valence-corrected chi connectivity index (χ2v) is 6.83. The van der Waals surface area contributed by atoms with Crippen molar-refractivity contribution in [2.24, 2.45) is 5.73 Å². The Bertz CT molecular complexity index is 580. The van der Waals surface area contributed by atoms with Crippen molar-refractivity contribution in [3.63, 3.8) is 0 Å². The highest BCUT2D eigenvalue weighted by Crippen LogP contribution is 2.18. The van der Waals surface area contributed by atoms with Gasteiger partial charge >= 0.3 is 0 Å². The van der Waals surface area contributed by atoms with Crippen LogP contribution in [-0.2, 0) is 17.8 Å². The van der Waals surface area contributed by atoms with Gasteiger partial charge in [-0.1, -0.05) is 30.3 Å². The zero-order chi connectivity index (χ0) is 15.8. The van der Waals surface area contributed by atoms with Gasteiger partial charge in [0.1, 0.15) is 0 Å². The van der Waals surface area contributed by atoms with E-state index >= 15 is 0 Å². The Morgan fingerprint density at radius 1 is 1.18 bits per heavy atom. The normalized spacial score (nSPS) is 10.6. The van der Waals surface area contributed by atoms with Gasteiger partial charge in [0.2, 0.25) is 5.91 Å². The van der Waals surface area contributed by atoms with Gasteiger partial charge in [0, 0.05) is 22.7 Å². The average Bonchev–Trinajstić information content (AvgIpc) is 2.95. The van der Waals surface area contributed by atoms with Crippen LogP contribution in [0.3, 0.4) is 0 Å². The Labute approximate surface area is 136 Å². The predicted molar refractivity (Wildman–Crippen MR) is 92.9 cm³/mol. The molecule has 0 aliphatic carbocycles. The lowest BCUT2D eigenvalue weighted by atomic mass is 10.1. The van der Waals surface area contributed by atoms with E-state index in [2.05, 4.69) is 31.2 Å². The Hall–Kier alpha value is -1.65. The van der Waals surface area contributed by atoms with Crippen LogP contribution in [0.4, 0.5) is 0 Å². The standard InChI is InChI=1S/C18H24N2OS/c1-15-9-10-17(22-15)14-20(18(21)8-5-12-19)13-11-16-6-3-2-4-7-16/h2-4,6-7,9-10H,5,8,11-14,19H2,1H3. The van der Waals surface area contributed by atoms with Gasteiger partial charge in [0.25, 0.3) is 0 Å². The van der Waals surface area contributed by atoms with E-state index in [-0.39, 0.29) is 5.91 Å². The SMILES string of the molecule is Cc1ccc(CN(CCc2ccccc2)C(=O)CCCN)s1. The van der Waals surface area contributed by atoms with Gasteiger partial charge in [-0.25, -0.2) is 0 Å². The topological polar surface area (TPSA) is 46.3 Å². The molecule has 0 aliphatic heterocycles. The van der Waals surface area contributed by atoms with Crippen molar-refractivity contribution in [3.05, 3.63) is 57.8 Å². The maximum atomic E-state index is 12.4. The van der Waals surface area contributed by atoms with Crippen LogP contribution in [0.15, 0.2) is 42.5 Å². The van der Waals surface area contributed by atoms with E-state index in [0.29, 0.717) is 19.5 Å². The maximum absolute atomic E-state index is 12.4. The van der Waals surface area contributed by atoms with E-state index in [0.717, 1.165) is 19.4 Å². The molecule has 0 bridgehead atoms. The molecular weight excluding hydrogens is 292 g/mol. The van der Waals surface area contributed by atoms with Crippen molar-refractivity contribution in [2.75, 3.05) is 13.1 Å². The van der Waals surface area contributed by atoms with Crippen LogP contribution in [0, 0.1) is 6.92 Å². The van der Waals surface area contributed by atoms with Gasteiger partial charge in [-0.05, 0) is 44.0 Å². The molecule has 1 aromatic heterocycles. The van der Waals surface area contributed by atoms with E-state index in [9.17, 15) is 4.79 Å². The number of amides is 1. The van der Waals surface area contributed by atoms with Crippen LogP contribution < -0.4 is 5.73 Å². The molecule has 0 saturated carbocycles. The molecule has 22 heavy (non-hydrogen) atoms. The highest BCUT2D eigenvalue weighted by molar-refractivity contribution is 7.11. The van der Waals surface area contributed by atoms with Crippen LogP contribution in [-0.4, -0.2) is 23.9 Å². The number of rotatable bonds is 8. The molecule has 4 heteroatoms. The van der Waals surface area contributed by atoms with E-state index in [1.54, 1.807) is 11.3 Å². The summed E-state index contributed by atoms with van der Waals surface area (Å²) in [7, 11) is 0. The number of nitrogens with zero attached hydrogens (tertiary/aromatic N) is 1. The summed E-state index contributed by atoms with van der Waals surface area (Å²) in [6, 6.07) is 14.5. The van der Waals surface area contributed by atoms with Gasteiger partial charge in [-0.15, -0.1) is 11.3 Å². The summed E-state index contributed by atoms with van der Waals surface area (Å²) in [4.78, 5) is 16.9. The number of carbonyl (C=O) groups is 1. The van der Waals surface area contributed by atoms with Gasteiger partial charge < -0.3 is 10.6 Å². The summed E-state index contributed by atoms with van der Waals surface area (Å²) in [5.41, 5.74) is 6.79. The lowest BCUT2D eigenvalue weighted by Gasteiger charge is -2.22. The van der Waals surface area contributed by atoms with E-state index in [1.807, 2.05) is 23.1 Å². The van der Waals surface area contributed by atoms with Crippen molar-refractivity contribution in [2.45, 2.75) is 32.7 Å². The second-order valence-electron chi connectivity index (χ2n) is 5.46. The maximum Gasteiger partial charge on any atom is 0.222 e. The number of benzene rings is 1. The van der Waals surface area contributed by atoms with Crippen molar-refractivity contribution < 1.29 is 4.79 Å². The van der Waals surface area contributed by atoms with E-state index in [4.69, 9.17) is 5.73 Å². The Balaban J connectivity index is 1.98. The average molecular weight is 316 g/mol. The number of nitrogens with two attached hydrogens (primary N) is 1. The van der Waals surface area contributed by atoms with Crippen LogP contribution in [0.2, 0.25) is 0 Å². The molecule has 2 N–H and O–H groups in total. The molecule has 0 radical (unpaired) electrons. The smallest absolute Gasteiger partial charge is 0.222 e. The quantitative estimate of drug-likeness (QED) is 0.811. The molecule has 1 amide bonds. The summed E-state index contributed by atoms with van der Waals surface area (Å²) in [6.07, 6.45) is 2.18. The lowest BCUT2D eigenvalue weighted by Crippen LogP contribution is -2.32. The summed E-state index contributed by atoms with van der Waals surface area (Å²) < 4.78 is 0. The minimum Gasteiger partial charge on any atom is -0.337 e.